The summed E-state index contributed by atoms with van der Waals surface area (Å²) >= 11 is 6.27. The van der Waals surface area contributed by atoms with E-state index in [2.05, 4.69) is 20.2 Å². The summed E-state index contributed by atoms with van der Waals surface area (Å²) in [6.07, 6.45) is 2.15. The average Bonchev–Trinajstić information content (AvgIpc) is 2.68. The van der Waals surface area contributed by atoms with E-state index < -0.39 is 11.5 Å². The van der Waals surface area contributed by atoms with Gasteiger partial charge in [0, 0.05) is 38.4 Å². The minimum atomic E-state index is -0.422. The Bertz CT molecular complexity index is 861. The molecule has 1 aliphatic heterocycles. The molecule has 2 N–H and O–H groups in total. The van der Waals surface area contributed by atoms with E-state index in [9.17, 15) is 9.59 Å². The molecule has 0 radical (unpaired) electrons. The Kier molecular flexibility index (Phi) is 6.01. The predicted octanol–water partition coefficient (Wildman–Crippen LogP) is 2.28. The van der Waals surface area contributed by atoms with E-state index in [0.717, 1.165) is 30.2 Å². The molecule has 8 heteroatoms. The van der Waals surface area contributed by atoms with Crippen LogP contribution in [0.3, 0.4) is 0 Å². The number of hydrogen-bond donors (Lipinski definition) is 2. The van der Waals surface area contributed by atoms with Crippen molar-refractivity contribution in [3.63, 3.8) is 0 Å². The van der Waals surface area contributed by atoms with E-state index in [1.54, 1.807) is 0 Å². The van der Waals surface area contributed by atoms with Crippen molar-refractivity contribution in [1.82, 2.24) is 15.3 Å². The summed E-state index contributed by atoms with van der Waals surface area (Å²) in [6.45, 7) is 6.80. The van der Waals surface area contributed by atoms with Crippen LogP contribution in [0.5, 0.6) is 0 Å². The Labute approximate surface area is 163 Å². The standard InChI is InChI=1S/C19H24ClN5O2/c1-3-13(2)22-17(26)14-12-21-19(23-18(14)27)25-10-8-24(9-11-25)16-7-5-4-6-15(16)20/h4-7,12-13H,3,8-11H2,1-2H3,(H,22,26)(H,21,23,27)/t13-/m1/s1. The molecule has 1 atom stereocenters. The third kappa shape index (κ3) is 4.42. The molecule has 1 saturated heterocycles. The zero-order chi connectivity index (χ0) is 19.4. The zero-order valence-corrected chi connectivity index (χ0v) is 16.3. The number of carbonyl (C=O) groups excluding carboxylic acids is 1. The number of aromatic amines is 1. The van der Waals surface area contributed by atoms with Crippen molar-refractivity contribution in [2.45, 2.75) is 26.3 Å². The molecule has 2 heterocycles. The molecule has 144 valence electrons. The van der Waals surface area contributed by atoms with Gasteiger partial charge >= 0.3 is 0 Å². The summed E-state index contributed by atoms with van der Waals surface area (Å²) in [5.74, 6) is 0.0899. The minimum Gasteiger partial charge on any atom is -0.367 e. The van der Waals surface area contributed by atoms with Gasteiger partial charge in [0.1, 0.15) is 5.56 Å². The van der Waals surface area contributed by atoms with Gasteiger partial charge in [-0.2, -0.15) is 0 Å². The van der Waals surface area contributed by atoms with Gasteiger partial charge in [-0.05, 0) is 25.5 Å². The van der Waals surface area contributed by atoms with Crippen LogP contribution in [0.15, 0.2) is 35.3 Å². The van der Waals surface area contributed by atoms with Gasteiger partial charge in [0.25, 0.3) is 11.5 Å². The Morgan fingerprint density at radius 2 is 1.93 bits per heavy atom. The van der Waals surface area contributed by atoms with E-state index in [4.69, 9.17) is 11.6 Å². The molecule has 1 aliphatic rings. The summed E-state index contributed by atoms with van der Waals surface area (Å²) in [5, 5.41) is 3.51. The Balaban J connectivity index is 1.67. The van der Waals surface area contributed by atoms with Crippen LogP contribution in [-0.2, 0) is 0 Å². The van der Waals surface area contributed by atoms with Crippen LogP contribution in [0.1, 0.15) is 30.6 Å². The molecule has 2 aromatic rings. The van der Waals surface area contributed by atoms with Crippen molar-refractivity contribution in [2.24, 2.45) is 0 Å². The number of hydrogen-bond acceptors (Lipinski definition) is 5. The first-order valence-electron chi connectivity index (χ1n) is 9.14. The van der Waals surface area contributed by atoms with Crippen LogP contribution in [0.25, 0.3) is 0 Å². The molecular weight excluding hydrogens is 366 g/mol. The zero-order valence-electron chi connectivity index (χ0n) is 15.5. The van der Waals surface area contributed by atoms with Gasteiger partial charge in [-0.15, -0.1) is 0 Å². The summed E-state index contributed by atoms with van der Waals surface area (Å²) in [5.41, 5.74) is 0.625. The maximum absolute atomic E-state index is 12.3. The second-order valence-electron chi connectivity index (χ2n) is 6.66. The Hall–Kier alpha value is -2.54. The molecule has 3 rings (SSSR count). The highest BCUT2D eigenvalue weighted by molar-refractivity contribution is 6.33. The molecule has 1 aromatic heterocycles. The molecule has 1 fully saturated rings. The maximum Gasteiger partial charge on any atom is 0.265 e. The van der Waals surface area contributed by atoms with Crippen molar-refractivity contribution >= 4 is 29.1 Å². The SMILES string of the molecule is CC[C@@H](C)NC(=O)c1cnc(N2CCN(c3ccccc3Cl)CC2)[nH]c1=O. The molecule has 0 saturated carbocycles. The highest BCUT2D eigenvalue weighted by Gasteiger charge is 2.21. The highest BCUT2D eigenvalue weighted by Crippen LogP contribution is 2.26. The van der Waals surface area contributed by atoms with Crippen molar-refractivity contribution in [2.75, 3.05) is 36.0 Å². The lowest BCUT2D eigenvalue weighted by atomic mass is 10.2. The summed E-state index contributed by atoms with van der Waals surface area (Å²) < 4.78 is 0. The fraction of sp³-hybridized carbons (Fsp3) is 0.421. The number of para-hydroxylation sites is 1. The normalized spacial score (nSPS) is 15.5. The number of rotatable bonds is 5. The fourth-order valence-electron chi connectivity index (χ4n) is 2.98. The number of amides is 1. The summed E-state index contributed by atoms with van der Waals surface area (Å²) in [7, 11) is 0. The second kappa shape index (κ2) is 8.43. The number of H-pyrrole nitrogens is 1. The largest absolute Gasteiger partial charge is 0.367 e. The van der Waals surface area contributed by atoms with Crippen molar-refractivity contribution in [1.29, 1.82) is 0 Å². The van der Waals surface area contributed by atoms with Gasteiger partial charge in [-0.1, -0.05) is 30.7 Å². The Morgan fingerprint density at radius 1 is 1.26 bits per heavy atom. The van der Waals surface area contributed by atoms with Gasteiger partial charge < -0.3 is 15.1 Å². The fourth-order valence-corrected chi connectivity index (χ4v) is 3.23. The van der Waals surface area contributed by atoms with Crippen LogP contribution in [0, 0.1) is 0 Å². The molecule has 0 bridgehead atoms. The smallest absolute Gasteiger partial charge is 0.265 e. The van der Waals surface area contributed by atoms with E-state index in [0.29, 0.717) is 19.0 Å². The molecule has 27 heavy (non-hydrogen) atoms. The van der Waals surface area contributed by atoms with Gasteiger partial charge in [-0.25, -0.2) is 4.98 Å². The number of nitrogens with zero attached hydrogens (tertiary/aromatic N) is 3. The van der Waals surface area contributed by atoms with E-state index >= 15 is 0 Å². The summed E-state index contributed by atoms with van der Waals surface area (Å²) in [6, 6.07) is 7.77. The lowest BCUT2D eigenvalue weighted by Gasteiger charge is -2.36. The predicted molar refractivity (Wildman–Crippen MR) is 108 cm³/mol. The van der Waals surface area contributed by atoms with Crippen LogP contribution in [0.4, 0.5) is 11.6 Å². The van der Waals surface area contributed by atoms with Crippen molar-refractivity contribution < 1.29 is 4.79 Å². The molecule has 7 nitrogen and oxygen atoms in total. The molecular formula is C19H24ClN5O2. The van der Waals surface area contributed by atoms with Gasteiger partial charge in [0.15, 0.2) is 0 Å². The van der Waals surface area contributed by atoms with Gasteiger partial charge in [0.05, 0.1) is 10.7 Å². The van der Waals surface area contributed by atoms with Crippen molar-refractivity contribution in [3.05, 3.63) is 51.4 Å². The van der Waals surface area contributed by atoms with Crippen molar-refractivity contribution in [3.8, 4) is 0 Å². The van der Waals surface area contributed by atoms with E-state index in [-0.39, 0.29) is 11.6 Å². The molecule has 1 amide bonds. The summed E-state index contributed by atoms with van der Waals surface area (Å²) in [4.78, 5) is 35.7. The molecule has 0 spiro atoms. The quantitative estimate of drug-likeness (QED) is 0.819. The average molecular weight is 390 g/mol. The van der Waals surface area contributed by atoms with Crippen LogP contribution in [0.2, 0.25) is 5.02 Å². The highest BCUT2D eigenvalue weighted by atomic mass is 35.5. The van der Waals surface area contributed by atoms with E-state index in [1.807, 2.05) is 43.0 Å². The third-order valence-electron chi connectivity index (χ3n) is 4.79. The number of carbonyl (C=O) groups is 1. The third-order valence-corrected chi connectivity index (χ3v) is 5.11. The van der Waals surface area contributed by atoms with Gasteiger partial charge in [-0.3, -0.25) is 14.6 Å². The first kappa shape index (κ1) is 19.2. The number of anilines is 2. The number of halogens is 1. The number of piperazine rings is 1. The monoisotopic (exact) mass is 389 g/mol. The van der Waals surface area contributed by atoms with E-state index in [1.165, 1.54) is 6.20 Å². The lowest BCUT2D eigenvalue weighted by Crippen LogP contribution is -2.47. The number of benzene rings is 1. The minimum absolute atomic E-state index is 0.00876. The molecule has 1 aromatic carbocycles. The molecule has 0 aliphatic carbocycles. The van der Waals surface area contributed by atoms with Crippen LogP contribution >= 0.6 is 11.6 Å². The first-order valence-corrected chi connectivity index (χ1v) is 9.52. The Morgan fingerprint density at radius 3 is 2.56 bits per heavy atom. The molecule has 0 unspecified atom stereocenters. The maximum atomic E-state index is 12.3. The number of aromatic nitrogens is 2. The van der Waals surface area contributed by atoms with Crippen LogP contribution in [-0.4, -0.2) is 48.1 Å². The first-order chi connectivity index (χ1) is 13.0. The lowest BCUT2D eigenvalue weighted by molar-refractivity contribution is 0.0937. The second-order valence-corrected chi connectivity index (χ2v) is 7.07. The van der Waals surface area contributed by atoms with Crippen LogP contribution < -0.4 is 20.7 Å². The van der Waals surface area contributed by atoms with Gasteiger partial charge in [0.2, 0.25) is 5.95 Å². The topological polar surface area (TPSA) is 81.3 Å². The number of nitrogens with one attached hydrogen (secondary N) is 2.